The maximum atomic E-state index is 12.9. The molecular formula is C26H20N4O5. The number of hydrogen-bond donors (Lipinski definition) is 1. The molecule has 0 fully saturated rings. The average Bonchev–Trinajstić information content (AvgIpc) is 3.61. The number of carbonyl (C=O) groups excluding carboxylic acids is 2. The van der Waals surface area contributed by atoms with Crippen LogP contribution in [0.25, 0.3) is 33.9 Å². The van der Waals surface area contributed by atoms with E-state index in [2.05, 4.69) is 15.3 Å². The van der Waals surface area contributed by atoms with Crippen LogP contribution in [0.5, 0.6) is 0 Å². The highest BCUT2D eigenvalue weighted by atomic mass is 16.5. The number of anilines is 1. The van der Waals surface area contributed by atoms with Gasteiger partial charge in [0.2, 0.25) is 0 Å². The van der Waals surface area contributed by atoms with Gasteiger partial charge in [-0.3, -0.25) is 9.78 Å². The Balaban J connectivity index is 1.43. The Morgan fingerprint density at radius 2 is 1.66 bits per heavy atom. The number of rotatable bonds is 7. The van der Waals surface area contributed by atoms with E-state index in [4.69, 9.17) is 18.6 Å². The molecule has 0 aliphatic heterocycles. The molecule has 0 bridgehead atoms. The first kappa shape index (κ1) is 22.0. The number of esters is 1. The number of pyridine rings is 1. The Bertz CT molecular complexity index is 1460. The summed E-state index contributed by atoms with van der Waals surface area (Å²) in [4.78, 5) is 38.8. The molecular weight excluding hydrogens is 448 g/mol. The van der Waals surface area contributed by atoms with Crippen molar-refractivity contribution in [3.63, 3.8) is 0 Å². The highest BCUT2D eigenvalue weighted by Crippen LogP contribution is 2.31. The number of nitrogens with one attached hydrogen (secondary N) is 1. The lowest BCUT2D eigenvalue weighted by molar-refractivity contribution is -0.124. The number of carbonyl (C=O) groups is 2. The minimum absolute atomic E-state index is 0.246. The van der Waals surface area contributed by atoms with Gasteiger partial charge in [0.05, 0.1) is 41.0 Å². The summed E-state index contributed by atoms with van der Waals surface area (Å²) < 4.78 is 16.6. The molecule has 4 aromatic heterocycles. The fraction of sp³-hybridized carbons (Fsp3) is 0.115. The number of furan rings is 2. The van der Waals surface area contributed by atoms with Crippen molar-refractivity contribution in [3.05, 3.63) is 85.1 Å². The van der Waals surface area contributed by atoms with Crippen LogP contribution in [-0.4, -0.2) is 32.9 Å². The third-order valence-electron chi connectivity index (χ3n) is 5.25. The summed E-state index contributed by atoms with van der Waals surface area (Å²) in [5.41, 5.74) is 2.79. The van der Waals surface area contributed by atoms with Gasteiger partial charge in [-0.2, -0.15) is 0 Å². The van der Waals surface area contributed by atoms with Gasteiger partial charge in [-0.25, -0.2) is 14.8 Å². The predicted molar refractivity (Wildman–Crippen MR) is 127 cm³/mol. The summed E-state index contributed by atoms with van der Waals surface area (Å²) in [5.74, 6) is -0.0224. The zero-order valence-corrected chi connectivity index (χ0v) is 18.7. The number of fused-ring (bicyclic) bond motifs is 1. The van der Waals surface area contributed by atoms with Crippen LogP contribution in [0, 0.1) is 0 Å². The Morgan fingerprint density at radius 3 is 2.26 bits per heavy atom. The molecule has 35 heavy (non-hydrogen) atoms. The topological polar surface area (TPSA) is 120 Å². The lowest BCUT2D eigenvalue weighted by Crippen LogP contribution is -2.32. The monoisotopic (exact) mass is 468 g/mol. The molecule has 0 spiro atoms. The van der Waals surface area contributed by atoms with Gasteiger partial charge < -0.3 is 18.9 Å². The molecule has 0 aliphatic carbocycles. The first-order chi connectivity index (χ1) is 17.1. The Morgan fingerprint density at radius 1 is 0.943 bits per heavy atom. The first-order valence-electron chi connectivity index (χ1n) is 10.9. The quantitative estimate of drug-likeness (QED) is 0.327. The molecule has 5 rings (SSSR count). The van der Waals surface area contributed by atoms with Crippen molar-refractivity contribution in [2.45, 2.75) is 19.4 Å². The van der Waals surface area contributed by atoms with Gasteiger partial charge in [0.1, 0.15) is 11.4 Å². The minimum Gasteiger partial charge on any atom is -0.463 e. The van der Waals surface area contributed by atoms with Crippen molar-refractivity contribution >= 4 is 28.6 Å². The number of hydrogen-bond acceptors (Lipinski definition) is 8. The van der Waals surface area contributed by atoms with Gasteiger partial charge in [0, 0.05) is 6.20 Å². The molecule has 4 heterocycles. The van der Waals surface area contributed by atoms with Crippen molar-refractivity contribution < 1.29 is 23.2 Å². The van der Waals surface area contributed by atoms with Gasteiger partial charge in [0.15, 0.2) is 17.6 Å². The number of benzene rings is 1. The van der Waals surface area contributed by atoms with E-state index in [0.717, 1.165) is 0 Å². The van der Waals surface area contributed by atoms with E-state index in [-0.39, 0.29) is 5.56 Å². The van der Waals surface area contributed by atoms with Crippen LogP contribution < -0.4 is 5.32 Å². The van der Waals surface area contributed by atoms with Crippen LogP contribution in [0.2, 0.25) is 0 Å². The third kappa shape index (κ3) is 4.65. The van der Waals surface area contributed by atoms with Gasteiger partial charge in [-0.15, -0.1) is 0 Å². The third-order valence-corrected chi connectivity index (χ3v) is 5.25. The lowest BCUT2D eigenvalue weighted by atomic mass is 10.1. The minimum atomic E-state index is -0.968. The molecule has 1 atom stereocenters. The fourth-order valence-corrected chi connectivity index (χ4v) is 3.53. The molecule has 9 nitrogen and oxygen atoms in total. The maximum Gasteiger partial charge on any atom is 0.338 e. The fourth-order valence-electron chi connectivity index (χ4n) is 3.53. The number of amides is 1. The van der Waals surface area contributed by atoms with E-state index in [0.29, 0.717) is 46.0 Å². The molecule has 1 unspecified atom stereocenters. The van der Waals surface area contributed by atoms with Crippen molar-refractivity contribution in [1.82, 2.24) is 15.0 Å². The van der Waals surface area contributed by atoms with E-state index in [1.807, 2.05) is 0 Å². The van der Waals surface area contributed by atoms with Crippen LogP contribution >= 0.6 is 0 Å². The molecule has 9 heteroatoms. The highest BCUT2D eigenvalue weighted by Gasteiger charge is 2.23. The van der Waals surface area contributed by atoms with Crippen molar-refractivity contribution in [1.29, 1.82) is 0 Å². The summed E-state index contributed by atoms with van der Waals surface area (Å²) in [7, 11) is 0. The molecule has 1 aromatic carbocycles. The molecule has 0 radical (unpaired) electrons. The molecule has 174 valence electrons. The van der Waals surface area contributed by atoms with Gasteiger partial charge in [-0.05, 0) is 61.0 Å². The van der Waals surface area contributed by atoms with Gasteiger partial charge >= 0.3 is 5.97 Å². The van der Waals surface area contributed by atoms with E-state index < -0.39 is 18.0 Å². The molecule has 5 aromatic rings. The largest absolute Gasteiger partial charge is 0.463 e. The Hall–Kier alpha value is -4.79. The SMILES string of the molecule is CCC(OC(=O)c1ccc2nc(-c3ccco3)c(-c3ccco3)nc2c1)C(=O)Nc1cccnc1. The predicted octanol–water partition coefficient (Wildman–Crippen LogP) is 5.12. The second-order valence-corrected chi connectivity index (χ2v) is 7.61. The molecule has 1 N–H and O–H groups in total. The molecule has 0 saturated heterocycles. The average molecular weight is 468 g/mol. The van der Waals surface area contributed by atoms with Gasteiger partial charge in [0.25, 0.3) is 5.91 Å². The van der Waals surface area contributed by atoms with E-state index >= 15 is 0 Å². The Labute approximate surface area is 199 Å². The molecule has 0 aliphatic rings. The van der Waals surface area contributed by atoms with Crippen LogP contribution in [0.3, 0.4) is 0 Å². The second-order valence-electron chi connectivity index (χ2n) is 7.61. The van der Waals surface area contributed by atoms with Crippen LogP contribution in [0.15, 0.2) is 88.4 Å². The zero-order chi connectivity index (χ0) is 24.2. The first-order valence-corrected chi connectivity index (χ1v) is 10.9. The maximum absolute atomic E-state index is 12.9. The van der Waals surface area contributed by atoms with Crippen molar-refractivity contribution in [2.24, 2.45) is 0 Å². The van der Waals surface area contributed by atoms with Gasteiger partial charge in [-0.1, -0.05) is 6.92 Å². The highest BCUT2D eigenvalue weighted by molar-refractivity contribution is 5.99. The van der Waals surface area contributed by atoms with E-state index in [1.165, 1.54) is 6.20 Å². The summed E-state index contributed by atoms with van der Waals surface area (Å²) >= 11 is 0. The number of aromatic nitrogens is 3. The normalized spacial score (nSPS) is 11.8. The van der Waals surface area contributed by atoms with Crippen LogP contribution in [0.4, 0.5) is 5.69 Å². The van der Waals surface area contributed by atoms with E-state index in [1.54, 1.807) is 80.2 Å². The summed E-state index contributed by atoms with van der Waals surface area (Å²) in [6.45, 7) is 1.76. The van der Waals surface area contributed by atoms with Crippen molar-refractivity contribution in [3.8, 4) is 22.9 Å². The van der Waals surface area contributed by atoms with Crippen molar-refractivity contribution in [2.75, 3.05) is 5.32 Å². The summed E-state index contributed by atoms with van der Waals surface area (Å²) in [5, 5.41) is 2.70. The molecule has 1 amide bonds. The number of nitrogens with zero attached hydrogens (tertiary/aromatic N) is 3. The second kappa shape index (κ2) is 9.60. The zero-order valence-electron chi connectivity index (χ0n) is 18.7. The number of ether oxygens (including phenoxy) is 1. The van der Waals surface area contributed by atoms with E-state index in [9.17, 15) is 9.59 Å². The molecule has 0 saturated carbocycles. The summed E-state index contributed by atoms with van der Waals surface area (Å²) in [6, 6.07) is 15.3. The van der Waals surface area contributed by atoms with Crippen LogP contribution in [0.1, 0.15) is 23.7 Å². The smallest absolute Gasteiger partial charge is 0.338 e. The lowest BCUT2D eigenvalue weighted by Gasteiger charge is -2.16. The summed E-state index contributed by atoms with van der Waals surface area (Å²) in [6.07, 6.45) is 5.56. The Kier molecular flexibility index (Phi) is 6.04. The van der Waals surface area contributed by atoms with Crippen LogP contribution in [-0.2, 0) is 9.53 Å². The standard InChI is InChI=1S/C26H20N4O5/c1-2-20(25(31)28-17-6-3-11-27-15-17)35-26(32)16-9-10-18-19(14-16)30-24(22-8-5-13-34-22)23(29-18)21-7-4-12-33-21/h3-15,20H,2H2,1H3,(H,28,31).